The normalized spacial score (nSPS) is 9.67. The second-order valence-corrected chi connectivity index (χ2v) is 4.43. The Morgan fingerprint density at radius 2 is 2.33 bits per heavy atom. The monoisotopic (exact) mass is 357 g/mol. The van der Waals surface area contributed by atoms with E-state index < -0.39 is 0 Å². The Bertz CT molecular complexity index is 228. The summed E-state index contributed by atoms with van der Waals surface area (Å²) in [5, 5.41) is 0. The molecule has 0 atom stereocenters. The van der Waals surface area contributed by atoms with Crippen LogP contribution in [-0.2, 0) is 0 Å². The fourth-order valence-electron chi connectivity index (χ4n) is 0.407. The van der Waals surface area contributed by atoms with E-state index in [0.717, 1.165) is 8.95 Å². The Hall–Kier alpha value is 0.918. The molecule has 9 heavy (non-hydrogen) atoms. The second kappa shape index (κ2) is 3.35. The molecule has 46 valence electrons. The summed E-state index contributed by atoms with van der Waals surface area (Å²) in [7, 11) is 0. The number of hydrogen-bond donors (Lipinski definition) is 0. The number of pyridine rings is 1. The Kier molecular flexibility index (Phi) is 2.99. The molecule has 0 aliphatic rings. The molecule has 0 saturated carbocycles. The van der Waals surface area contributed by atoms with E-state index in [1.54, 1.807) is 6.20 Å². The van der Waals surface area contributed by atoms with Crippen LogP contribution in [0.4, 0.5) is 0 Å². The third-order valence-electron chi connectivity index (χ3n) is 0.788. The first kappa shape index (κ1) is 8.02. The standard InChI is InChI=1S/C5H2AsBrIN/c6-5-4(8)1-3(7)2-9-5/h1-2H. The molecular formula is C5H2AsBrIN. The van der Waals surface area contributed by atoms with Crippen molar-refractivity contribution in [2.45, 2.75) is 0 Å². The predicted octanol–water partition coefficient (Wildman–Crippen LogP) is 1.24. The minimum absolute atomic E-state index is 1.02. The summed E-state index contributed by atoms with van der Waals surface area (Å²) < 4.78 is 3.22. The molecule has 1 nitrogen and oxygen atoms in total. The molecule has 0 saturated heterocycles. The molecule has 1 rings (SSSR count). The molecule has 0 unspecified atom stereocenters. The van der Waals surface area contributed by atoms with Crippen LogP contribution >= 0.6 is 38.5 Å². The number of halogens is 2. The van der Waals surface area contributed by atoms with Crippen molar-refractivity contribution in [3.05, 3.63) is 20.3 Å². The zero-order valence-corrected chi connectivity index (χ0v) is 9.93. The molecule has 1 aromatic heterocycles. The Balaban J connectivity index is 3.17. The van der Waals surface area contributed by atoms with Crippen LogP contribution in [-0.4, -0.2) is 21.8 Å². The van der Waals surface area contributed by atoms with Crippen LogP contribution < -0.4 is 4.48 Å². The van der Waals surface area contributed by atoms with Crippen molar-refractivity contribution in [2.75, 3.05) is 0 Å². The van der Waals surface area contributed by atoms with Gasteiger partial charge in [-0.15, -0.1) is 0 Å². The van der Waals surface area contributed by atoms with Gasteiger partial charge in [-0.3, -0.25) is 0 Å². The third-order valence-corrected chi connectivity index (χ3v) is 3.72. The molecule has 1 heterocycles. The van der Waals surface area contributed by atoms with Gasteiger partial charge in [0.1, 0.15) is 0 Å². The van der Waals surface area contributed by atoms with E-state index in [9.17, 15) is 0 Å². The minimum atomic E-state index is 1.02. The molecule has 0 aromatic carbocycles. The molecule has 0 fully saturated rings. The maximum atomic E-state index is 4.10. The van der Waals surface area contributed by atoms with Gasteiger partial charge >= 0.3 is 85.1 Å². The molecule has 0 aliphatic heterocycles. The first-order chi connectivity index (χ1) is 4.20. The average molecular weight is 358 g/mol. The van der Waals surface area contributed by atoms with E-state index in [1.165, 1.54) is 3.57 Å². The maximum absolute atomic E-state index is 4.10. The van der Waals surface area contributed by atoms with Crippen molar-refractivity contribution in [1.29, 1.82) is 0 Å². The fraction of sp³-hybridized carbons (Fsp3) is 0. The summed E-state index contributed by atoms with van der Waals surface area (Å²) in [5.41, 5.74) is 0. The van der Waals surface area contributed by atoms with Gasteiger partial charge in [-0.2, -0.15) is 0 Å². The van der Waals surface area contributed by atoms with Gasteiger partial charge in [0.05, 0.1) is 0 Å². The van der Waals surface area contributed by atoms with Crippen LogP contribution in [0.2, 0.25) is 0 Å². The van der Waals surface area contributed by atoms with E-state index in [4.69, 9.17) is 0 Å². The van der Waals surface area contributed by atoms with Crippen molar-refractivity contribution in [3.8, 4) is 0 Å². The van der Waals surface area contributed by atoms with Gasteiger partial charge in [0, 0.05) is 0 Å². The van der Waals surface area contributed by atoms with Gasteiger partial charge in [0.25, 0.3) is 0 Å². The average Bonchev–Trinajstić information content (AvgIpc) is 1.80. The van der Waals surface area contributed by atoms with Crippen molar-refractivity contribution < 1.29 is 0 Å². The van der Waals surface area contributed by atoms with E-state index in [-0.39, 0.29) is 0 Å². The van der Waals surface area contributed by atoms with Gasteiger partial charge in [0.15, 0.2) is 0 Å². The van der Waals surface area contributed by atoms with Crippen molar-refractivity contribution >= 4 is 59.9 Å². The topological polar surface area (TPSA) is 12.9 Å². The fourth-order valence-corrected chi connectivity index (χ4v) is 1.90. The van der Waals surface area contributed by atoms with Crippen LogP contribution in [0.15, 0.2) is 16.7 Å². The SMILES string of the molecule is [As]c1ncc(Br)cc1I. The van der Waals surface area contributed by atoms with Crippen LogP contribution in [0.5, 0.6) is 0 Å². The zero-order valence-electron chi connectivity index (χ0n) is 4.31. The summed E-state index contributed by atoms with van der Waals surface area (Å²) in [5.74, 6) is 0. The molecule has 0 bridgehead atoms. The van der Waals surface area contributed by atoms with Crippen LogP contribution in [0.3, 0.4) is 0 Å². The predicted molar refractivity (Wildman–Crippen MR) is 50.0 cm³/mol. The van der Waals surface area contributed by atoms with Crippen molar-refractivity contribution in [2.24, 2.45) is 0 Å². The zero-order chi connectivity index (χ0) is 6.85. The van der Waals surface area contributed by atoms with Crippen molar-refractivity contribution in [1.82, 2.24) is 4.98 Å². The van der Waals surface area contributed by atoms with E-state index in [1.807, 2.05) is 6.07 Å². The van der Waals surface area contributed by atoms with E-state index in [0.29, 0.717) is 0 Å². The summed E-state index contributed by atoms with van der Waals surface area (Å²) in [6.45, 7) is 0. The molecular weight excluding hydrogens is 356 g/mol. The number of rotatable bonds is 0. The molecule has 0 amide bonds. The first-order valence-corrected chi connectivity index (χ1v) is 5.01. The molecule has 2 radical (unpaired) electrons. The van der Waals surface area contributed by atoms with Crippen molar-refractivity contribution in [3.63, 3.8) is 0 Å². The molecule has 0 aliphatic carbocycles. The number of aromatic nitrogens is 1. The van der Waals surface area contributed by atoms with Gasteiger partial charge in [-0.25, -0.2) is 0 Å². The van der Waals surface area contributed by atoms with Gasteiger partial charge in [0.2, 0.25) is 0 Å². The van der Waals surface area contributed by atoms with Gasteiger partial charge < -0.3 is 0 Å². The quantitative estimate of drug-likeness (QED) is 0.503. The summed E-state index contributed by atoms with van der Waals surface area (Å²) in [6.07, 6.45) is 1.79. The number of hydrogen-bond acceptors (Lipinski definition) is 1. The summed E-state index contributed by atoms with van der Waals surface area (Å²) in [6, 6.07) is 2.03. The Morgan fingerprint density at radius 3 is 2.78 bits per heavy atom. The molecule has 4 heteroatoms. The van der Waals surface area contributed by atoms with Crippen LogP contribution in [0, 0.1) is 3.57 Å². The summed E-state index contributed by atoms with van der Waals surface area (Å²) >= 11 is 7.99. The molecule has 0 N–H and O–H groups in total. The Labute approximate surface area is 84.4 Å². The van der Waals surface area contributed by atoms with Gasteiger partial charge in [-0.05, 0) is 0 Å². The van der Waals surface area contributed by atoms with Crippen LogP contribution in [0.1, 0.15) is 0 Å². The Morgan fingerprint density at radius 1 is 1.67 bits per heavy atom. The van der Waals surface area contributed by atoms with Gasteiger partial charge in [-0.1, -0.05) is 0 Å². The number of nitrogens with zero attached hydrogens (tertiary/aromatic N) is 1. The molecule has 1 aromatic rings. The third kappa shape index (κ3) is 2.20. The first-order valence-electron chi connectivity index (χ1n) is 2.20. The van der Waals surface area contributed by atoms with E-state index in [2.05, 4.69) is 60.4 Å². The van der Waals surface area contributed by atoms with Crippen LogP contribution in [0.25, 0.3) is 0 Å². The second-order valence-electron chi connectivity index (χ2n) is 1.46. The molecule has 0 spiro atoms. The summed E-state index contributed by atoms with van der Waals surface area (Å²) in [4.78, 5) is 4.10. The van der Waals surface area contributed by atoms with E-state index >= 15 is 0 Å².